The monoisotopic (exact) mass is 483 g/mol. The molecule has 4 aromatic heterocycles. The van der Waals surface area contributed by atoms with E-state index in [9.17, 15) is 0 Å². The van der Waals surface area contributed by atoms with Gasteiger partial charge in [0.1, 0.15) is 17.8 Å². The van der Waals surface area contributed by atoms with E-state index in [2.05, 4.69) is 76.4 Å². The molecule has 0 saturated carbocycles. The number of nitrogens with zero attached hydrogens (tertiary/aromatic N) is 6. The minimum atomic E-state index is 0.667. The van der Waals surface area contributed by atoms with Crippen molar-refractivity contribution in [2.24, 2.45) is 0 Å². The van der Waals surface area contributed by atoms with E-state index in [1.807, 2.05) is 49.5 Å². The molecule has 2 aromatic carbocycles. The van der Waals surface area contributed by atoms with Crippen molar-refractivity contribution in [2.75, 3.05) is 0 Å². The number of benzene rings is 2. The second-order valence-electron chi connectivity index (χ2n) is 9.29. The van der Waals surface area contributed by atoms with Crippen LogP contribution in [0.1, 0.15) is 17.1 Å². The van der Waals surface area contributed by atoms with Gasteiger partial charge in [0.2, 0.25) is 0 Å². The third kappa shape index (κ3) is 4.92. The number of hydrogen-bond donors (Lipinski definition) is 1. The average Bonchev–Trinajstić information content (AvgIpc) is 3.56. The zero-order chi connectivity index (χ0) is 25.2. The first kappa shape index (κ1) is 22.9. The van der Waals surface area contributed by atoms with Crippen LogP contribution in [0.2, 0.25) is 0 Å². The molecule has 0 amide bonds. The molecule has 0 spiro atoms. The highest BCUT2D eigenvalue weighted by atomic mass is 15.3. The number of fused-ring (bicyclic) bond motifs is 1. The van der Waals surface area contributed by atoms with Crippen molar-refractivity contribution in [2.45, 2.75) is 20.0 Å². The fraction of sp³-hybridized carbons (Fsp3) is 0.103. The van der Waals surface area contributed by atoms with E-state index in [1.165, 1.54) is 16.7 Å². The number of imidazole rings is 1. The molecule has 0 saturated heterocycles. The Morgan fingerprint density at radius 2 is 1.68 bits per heavy atom. The molecule has 6 rings (SSSR count). The standard InChI is InChI=1S/C29H26BN7/c1-20-7-5-12-25(33-20)29-28(24-13-14-27-31-19-32-37(27)17-24)34-26(35-29)18-36(30)16-21-8-6-11-23(15-21)22-9-3-2-4-10-22/h2-15,17,19H,16,18,30H2,1H3,(H,34,35). The highest BCUT2D eigenvalue weighted by Gasteiger charge is 2.17. The Kier molecular flexibility index (Phi) is 6.08. The second-order valence-corrected chi connectivity index (χ2v) is 9.29. The Bertz CT molecular complexity index is 1670. The van der Waals surface area contributed by atoms with Gasteiger partial charge in [-0.25, -0.2) is 14.5 Å². The molecule has 7 nitrogen and oxygen atoms in total. The minimum absolute atomic E-state index is 0.667. The predicted molar refractivity (Wildman–Crippen MR) is 148 cm³/mol. The van der Waals surface area contributed by atoms with Crippen LogP contribution in [0.15, 0.2) is 97.5 Å². The summed E-state index contributed by atoms with van der Waals surface area (Å²) in [6.45, 7) is 3.47. The van der Waals surface area contributed by atoms with E-state index < -0.39 is 0 Å². The summed E-state index contributed by atoms with van der Waals surface area (Å²) in [5.74, 6) is 0.883. The summed E-state index contributed by atoms with van der Waals surface area (Å²) < 4.78 is 1.77. The van der Waals surface area contributed by atoms with E-state index in [1.54, 1.807) is 10.8 Å². The van der Waals surface area contributed by atoms with Crippen molar-refractivity contribution in [3.05, 3.63) is 115 Å². The van der Waals surface area contributed by atoms with Crippen LogP contribution in [0.4, 0.5) is 0 Å². The van der Waals surface area contributed by atoms with Gasteiger partial charge in [0, 0.05) is 30.5 Å². The van der Waals surface area contributed by atoms with Gasteiger partial charge >= 0.3 is 0 Å². The van der Waals surface area contributed by atoms with Gasteiger partial charge in [0.05, 0.1) is 11.4 Å². The summed E-state index contributed by atoms with van der Waals surface area (Å²) in [6, 6.07) is 29.2. The molecule has 4 heterocycles. The largest absolute Gasteiger partial charge is 0.340 e. The second kappa shape index (κ2) is 9.83. The van der Waals surface area contributed by atoms with Gasteiger partial charge in [-0.1, -0.05) is 54.6 Å². The molecule has 1 N–H and O–H groups in total. The lowest BCUT2D eigenvalue weighted by molar-refractivity contribution is 0.432. The zero-order valence-electron chi connectivity index (χ0n) is 20.8. The first-order valence-electron chi connectivity index (χ1n) is 12.3. The van der Waals surface area contributed by atoms with E-state index in [4.69, 9.17) is 9.97 Å². The Balaban J connectivity index is 1.29. The molecule has 0 radical (unpaired) electrons. The Labute approximate surface area is 216 Å². The molecule has 0 unspecified atom stereocenters. The van der Waals surface area contributed by atoms with Gasteiger partial charge in [-0.3, -0.25) is 4.98 Å². The first-order valence-corrected chi connectivity index (χ1v) is 12.3. The normalized spacial score (nSPS) is 11.4. The highest BCUT2D eigenvalue weighted by molar-refractivity contribution is 6.04. The molecule has 0 aliphatic carbocycles. The van der Waals surface area contributed by atoms with Crippen molar-refractivity contribution < 1.29 is 0 Å². The van der Waals surface area contributed by atoms with Gasteiger partial charge < -0.3 is 9.79 Å². The topological polar surface area (TPSA) is 75.0 Å². The van der Waals surface area contributed by atoms with Crippen LogP contribution in [-0.2, 0) is 13.1 Å². The van der Waals surface area contributed by atoms with Crippen LogP contribution in [-0.4, -0.2) is 42.3 Å². The molecule has 6 aromatic rings. The quantitative estimate of drug-likeness (QED) is 0.333. The third-order valence-corrected chi connectivity index (χ3v) is 6.35. The summed E-state index contributed by atoms with van der Waals surface area (Å²) in [4.78, 5) is 19.9. The lowest BCUT2D eigenvalue weighted by Crippen LogP contribution is -2.19. The van der Waals surface area contributed by atoms with Crippen molar-refractivity contribution >= 4 is 13.6 Å². The van der Waals surface area contributed by atoms with Gasteiger partial charge in [0.25, 0.3) is 0 Å². The predicted octanol–water partition coefficient (Wildman–Crippen LogP) is 4.71. The number of rotatable bonds is 7. The molecule has 0 fully saturated rings. The fourth-order valence-corrected chi connectivity index (χ4v) is 4.63. The summed E-state index contributed by atoms with van der Waals surface area (Å²) in [5.41, 5.74) is 9.04. The summed E-state index contributed by atoms with van der Waals surface area (Å²) in [7, 11) is 2.11. The molecule has 0 bridgehead atoms. The van der Waals surface area contributed by atoms with Crippen molar-refractivity contribution in [1.29, 1.82) is 0 Å². The van der Waals surface area contributed by atoms with Crippen LogP contribution in [0.5, 0.6) is 0 Å². The SMILES string of the molecule is BN(Cc1cccc(-c2ccccc2)c1)Cc1nc(-c2cccc(C)n2)c(-c2ccc3ncnn3c2)[nH]1. The number of H-pyrrole nitrogens is 1. The van der Waals surface area contributed by atoms with E-state index in [-0.39, 0.29) is 0 Å². The maximum atomic E-state index is 5.01. The summed E-state index contributed by atoms with van der Waals surface area (Å²) in [6.07, 6.45) is 3.53. The van der Waals surface area contributed by atoms with Crippen LogP contribution in [0.3, 0.4) is 0 Å². The van der Waals surface area contributed by atoms with Crippen LogP contribution < -0.4 is 0 Å². The Hall–Kier alpha value is -4.56. The number of aromatic amines is 1. The van der Waals surface area contributed by atoms with Crippen LogP contribution >= 0.6 is 0 Å². The van der Waals surface area contributed by atoms with Gasteiger partial charge in [-0.2, -0.15) is 5.10 Å². The van der Waals surface area contributed by atoms with Crippen LogP contribution in [0, 0.1) is 6.92 Å². The van der Waals surface area contributed by atoms with E-state index in [0.29, 0.717) is 6.54 Å². The Morgan fingerprint density at radius 3 is 2.54 bits per heavy atom. The average molecular weight is 483 g/mol. The maximum Gasteiger partial charge on any atom is 0.186 e. The van der Waals surface area contributed by atoms with Crippen molar-refractivity contribution in [3.63, 3.8) is 0 Å². The lowest BCUT2D eigenvalue weighted by atomic mass is 10.0. The third-order valence-electron chi connectivity index (χ3n) is 6.35. The Morgan fingerprint density at radius 1 is 0.838 bits per heavy atom. The lowest BCUT2D eigenvalue weighted by Gasteiger charge is -2.16. The van der Waals surface area contributed by atoms with Crippen molar-refractivity contribution in [3.8, 4) is 33.8 Å². The molecule has 180 valence electrons. The molecule has 8 heteroatoms. The number of hydrogen-bond acceptors (Lipinski definition) is 5. The molecular formula is C29H26BN7. The van der Waals surface area contributed by atoms with Gasteiger partial charge in [0.15, 0.2) is 13.6 Å². The number of aryl methyl sites for hydroxylation is 1. The summed E-state index contributed by atoms with van der Waals surface area (Å²) >= 11 is 0. The summed E-state index contributed by atoms with van der Waals surface area (Å²) in [5, 5.41) is 4.30. The van der Waals surface area contributed by atoms with E-state index in [0.717, 1.165) is 46.4 Å². The van der Waals surface area contributed by atoms with Crippen LogP contribution in [0.25, 0.3) is 39.4 Å². The molecule has 0 aliphatic heterocycles. The molecule has 0 atom stereocenters. The van der Waals surface area contributed by atoms with Gasteiger partial charge in [-0.15, -0.1) is 0 Å². The minimum Gasteiger partial charge on any atom is -0.340 e. The number of nitrogens with one attached hydrogen (secondary N) is 1. The molecular weight excluding hydrogens is 457 g/mol. The maximum absolute atomic E-state index is 5.01. The highest BCUT2D eigenvalue weighted by Crippen LogP contribution is 2.30. The van der Waals surface area contributed by atoms with Gasteiger partial charge in [-0.05, 0) is 53.9 Å². The zero-order valence-corrected chi connectivity index (χ0v) is 20.8. The van der Waals surface area contributed by atoms with Crippen molar-refractivity contribution in [1.82, 2.24) is 34.4 Å². The molecule has 0 aliphatic rings. The van der Waals surface area contributed by atoms with E-state index >= 15 is 0 Å². The first-order chi connectivity index (χ1) is 18.1. The fourth-order valence-electron chi connectivity index (χ4n) is 4.63. The number of aromatic nitrogens is 6. The smallest absolute Gasteiger partial charge is 0.186 e. The number of pyridine rings is 2. The molecule has 37 heavy (non-hydrogen) atoms.